The molecule has 1 aliphatic heterocycles. The van der Waals surface area contributed by atoms with Gasteiger partial charge in [0.1, 0.15) is 78.8 Å². The van der Waals surface area contributed by atoms with Crippen LogP contribution in [0.4, 0.5) is 0 Å². The molecule has 3 heterocycles. The first-order valence-corrected chi connectivity index (χ1v) is 37.3. The number of carboxylic acid groups (broad SMARTS) is 1. The van der Waals surface area contributed by atoms with Gasteiger partial charge in [-0.15, -0.1) is 0 Å². The van der Waals surface area contributed by atoms with E-state index >= 15 is 19.2 Å². The molecule has 612 valence electrons. The predicted octanol–water partition coefficient (Wildman–Crippen LogP) is -6.50. The normalized spacial score (nSPS) is 18.9. The number of aliphatic hydroxyl groups is 1. The maximum absolute atomic E-state index is 15.5. The molecule has 0 aliphatic carbocycles. The highest BCUT2D eigenvalue weighted by Gasteiger charge is 2.39. The third-order valence-electron chi connectivity index (χ3n) is 17.8. The number of ether oxygens (including phenoxy) is 1. The number of carboxylic acids is 1. The lowest BCUT2D eigenvalue weighted by molar-refractivity contribution is -0.139. The number of thioether (sulfide) groups is 1. The number of carbonyl (C=O) groups excluding carboxylic acids is 16. The first kappa shape index (κ1) is 89.7. The minimum atomic E-state index is -1.89. The van der Waals surface area contributed by atoms with Crippen LogP contribution < -0.4 is 103 Å². The van der Waals surface area contributed by atoms with Crippen molar-refractivity contribution in [3.63, 3.8) is 0 Å². The fourth-order valence-corrected chi connectivity index (χ4v) is 13.0. The Morgan fingerprint density at radius 1 is 0.558 bits per heavy atom. The van der Waals surface area contributed by atoms with Gasteiger partial charge in [-0.1, -0.05) is 48.5 Å². The van der Waals surface area contributed by atoms with Crippen LogP contribution in [-0.4, -0.2) is 231 Å². The average molecular weight is 1600 g/mol. The second-order valence-electron chi connectivity index (χ2n) is 26.7. The number of aromatic nitrogens is 2. The highest BCUT2D eigenvalue weighted by molar-refractivity contribution is 7.99. The molecule has 0 saturated carbocycles. The zero-order valence-electron chi connectivity index (χ0n) is 62.1. The van der Waals surface area contributed by atoms with Gasteiger partial charge >= 0.3 is 5.97 Å². The number of fused-ring (bicyclic) bond motifs is 2. The molecule has 12 atom stereocenters. The molecule has 0 radical (unpaired) electrons. The summed E-state index contributed by atoms with van der Waals surface area (Å²) in [6.07, 6.45) is -4.55. The molecular formula is C72H98N20O20S. The van der Waals surface area contributed by atoms with Gasteiger partial charge in [0.05, 0.1) is 19.1 Å². The van der Waals surface area contributed by atoms with Gasteiger partial charge in [0.25, 0.3) is 0 Å². The van der Waals surface area contributed by atoms with Gasteiger partial charge in [-0.05, 0) is 98.7 Å². The van der Waals surface area contributed by atoms with E-state index < -0.39 is 237 Å². The van der Waals surface area contributed by atoms with Gasteiger partial charge in [-0.3, -0.25) is 81.5 Å². The molecule has 5 aromatic rings. The fourth-order valence-electron chi connectivity index (χ4n) is 11.9. The number of carbonyl (C=O) groups is 17. The fraction of sp³-hybridized carbons (Fsp3) is 0.458. The Bertz CT molecular complexity index is 4250. The molecule has 28 N–H and O–H groups in total. The second kappa shape index (κ2) is 44.6. The summed E-state index contributed by atoms with van der Waals surface area (Å²) in [5.41, 5.74) is 35.6. The molecule has 113 heavy (non-hydrogen) atoms. The number of hydrogen-bond donors (Lipinski definition) is 22. The number of aromatic amines is 2. The molecule has 0 unspecified atom stereocenters. The first-order valence-electron chi connectivity index (χ1n) is 36.2. The summed E-state index contributed by atoms with van der Waals surface area (Å²) in [6, 6.07) is 0.950. The molecule has 1 aliphatic rings. The lowest BCUT2D eigenvalue weighted by Gasteiger charge is -2.29. The molecule has 1 fully saturated rings. The Morgan fingerprint density at radius 2 is 1.08 bits per heavy atom. The van der Waals surface area contributed by atoms with Crippen LogP contribution in [-0.2, 0) is 101 Å². The number of aliphatic hydroxyl groups excluding tert-OH is 1. The quantitative estimate of drug-likeness (QED) is 0.0175. The Morgan fingerprint density at radius 3 is 1.64 bits per heavy atom. The number of amides is 16. The Labute approximate surface area is 651 Å². The van der Waals surface area contributed by atoms with E-state index in [2.05, 4.69) is 73.8 Å². The summed E-state index contributed by atoms with van der Waals surface area (Å²) in [5.74, 6) is -18.5. The topological polar surface area (TPSA) is 672 Å². The highest BCUT2D eigenvalue weighted by atomic mass is 32.2. The number of hydrogen-bond acceptors (Lipinski definition) is 22. The second-order valence-corrected chi connectivity index (χ2v) is 27.9. The maximum atomic E-state index is 15.5. The van der Waals surface area contributed by atoms with Gasteiger partial charge in [0.15, 0.2) is 0 Å². The van der Waals surface area contributed by atoms with Crippen molar-refractivity contribution in [3.05, 3.63) is 102 Å². The number of aliphatic carboxylic acids is 1. The molecule has 16 amide bonds. The highest BCUT2D eigenvalue weighted by Crippen LogP contribution is 2.23. The van der Waals surface area contributed by atoms with E-state index in [0.717, 1.165) is 25.6 Å². The molecule has 6 rings (SSSR count). The van der Waals surface area contributed by atoms with Crippen molar-refractivity contribution in [1.82, 2.24) is 73.8 Å². The van der Waals surface area contributed by atoms with Gasteiger partial charge in [0.2, 0.25) is 94.5 Å². The van der Waals surface area contributed by atoms with Crippen molar-refractivity contribution in [2.24, 2.45) is 34.4 Å². The van der Waals surface area contributed by atoms with E-state index in [4.69, 9.17) is 39.1 Å². The summed E-state index contributed by atoms with van der Waals surface area (Å²) in [4.78, 5) is 240. The van der Waals surface area contributed by atoms with Gasteiger partial charge < -0.3 is 123 Å². The molecular weight excluding hydrogens is 1500 g/mol. The molecule has 41 heteroatoms. The van der Waals surface area contributed by atoms with Crippen LogP contribution in [0, 0.1) is 0 Å². The number of rotatable bonds is 38. The SMILES string of the molecule is CC(=O)N[C@H]1CCSC[C@@H](C(=O)N[C@@H](Cc2ccc(OCCN)cc2)C(=O)N[C@@H](Cc2c[nH]c3ccccc23)C(=O)N[C@@H](CCCN)C(=O)N[C@@H](CCC(=O)O)C(=O)N[C@@H](CC(N)=O)C(=O)NCC(N)=O)NC(=O)[C@H](CCC(N)=O)NC(=O)[C@H](Cc2c[nH]c3ccccc23)NC(=O)[C@H]([C@@H](C)O)NC(=O)[C@H](CCC(N)=O)NC1=O. The Hall–Kier alpha value is -12.2. The average Bonchev–Trinajstić information content (AvgIpc) is 1.72. The number of para-hydroxylation sites is 2. The summed E-state index contributed by atoms with van der Waals surface area (Å²) in [7, 11) is 0. The third kappa shape index (κ3) is 29.2. The smallest absolute Gasteiger partial charge is 0.303 e. The number of benzene rings is 3. The maximum Gasteiger partial charge on any atom is 0.303 e. The molecule has 0 spiro atoms. The minimum absolute atomic E-state index is 0.0180. The van der Waals surface area contributed by atoms with Crippen molar-refractivity contribution in [1.29, 1.82) is 0 Å². The van der Waals surface area contributed by atoms with Gasteiger partial charge in [-0.25, -0.2) is 0 Å². The largest absolute Gasteiger partial charge is 0.492 e. The summed E-state index contributed by atoms with van der Waals surface area (Å²) < 4.78 is 5.69. The van der Waals surface area contributed by atoms with Crippen molar-refractivity contribution < 1.29 is 96.5 Å². The van der Waals surface area contributed by atoms with Crippen molar-refractivity contribution in [3.8, 4) is 5.75 Å². The summed E-state index contributed by atoms with van der Waals surface area (Å²) >= 11 is 0.910. The van der Waals surface area contributed by atoms with Crippen LogP contribution in [0.3, 0.4) is 0 Å². The predicted molar refractivity (Wildman–Crippen MR) is 407 cm³/mol. The zero-order chi connectivity index (χ0) is 83.0. The van der Waals surface area contributed by atoms with Crippen LogP contribution in [0.5, 0.6) is 5.75 Å². The van der Waals surface area contributed by atoms with Crippen LogP contribution >= 0.6 is 11.8 Å². The van der Waals surface area contributed by atoms with E-state index in [9.17, 15) is 72.5 Å². The van der Waals surface area contributed by atoms with E-state index in [-0.39, 0.29) is 57.6 Å². The zero-order valence-corrected chi connectivity index (χ0v) is 62.9. The number of nitrogens with two attached hydrogens (primary N) is 6. The lowest BCUT2D eigenvalue weighted by Crippen LogP contribution is -2.62. The van der Waals surface area contributed by atoms with Crippen molar-refractivity contribution in [2.75, 3.05) is 37.7 Å². The van der Waals surface area contributed by atoms with Gasteiger partial charge in [0, 0.05) is 91.9 Å². The van der Waals surface area contributed by atoms with E-state index in [1.807, 2.05) is 0 Å². The summed E-state index contributed by atoms with van der Waals surface area (Å²) in [6.45, 7) is 1.67. The standard InChI is InChI=1S/C72H98N20O20S/c1-36(93)61-72(111)90-53(30-40-33-80-45-11-6-4-9-43(40)45)70(109)86-47(17-20-56(75)95)65(104)91-55(35-113-27-23-50(82-37(2)94)66(105)84-48(67(106)92-61)18-21-57(76)96)71(110)87-51(28-38-13-15-41(16-14-38)112-26-25-74)68(107)88-52(29-39-32-79-44-10-5-3-8-42(39)44)69(108)83-46(12-7-24-73)63(102)85-49(19-22-60(99)100)64(103)89-54(31-58(77)97)62(101)81-34-59(78)98/h3-6,8-11,13-16,32-33,36,46-55,61,79-80,93H,7,12,17-31,34-35,73-74H2,1-2H3,(H2,75,95)(H2,76,96)(H2,77,97)(H2,78,98)(H,81,101)(H,82,94)(H,83,108)(H,84,105)(H,85,102)(H,86,109)(H,87,110)(H,88,107)(H,89,103)(H,90,111)(H,91,104)(H,92,106)(H,99,100)/t36-,46+,47+,48+,49+,50+,51+,52+,53+,54+,55+,61+/m1/s1. The monoisotopic (exact) mass is 1590 g/mol. The van der Waals surface area contributed by atoms with Crippen molar-refractivity contribution >= 4 is 134 Å². The Kier molecular flexibility index (Phi) is 35.4. The lowest BCUT2D eigenvalue weighted by atomic mass is 10.0. The van der Waals surface area contributed by atoms with E-state index in [1.54, 1.807) is 85.2 Å². The molecule has 2 aromatic heterocycles. The molecule has 0 bridgehead atoms. The summed E-state index contributed by atoms with van der Waals surface area (Å²) in [5, 5.41) is 51.8. The third-order valence-corrected chi connectivity index (χ3v) is 18.9. The molecule has 3 aromatic carbocycles. The van der Waals surface area contributed by atoms with Crippen LogP contribution in [0.25, 0.3) is 21.8 Å². The first-order chi connectivity index (χ1) is 53.7. The van der Waals surface area contributed by atoms with Gasteiger partial charge in [-0.2, -0.15) is 11.8 Å². The minimum Gasteiger partial charge on any atom is -0.492 e. The van der Waals surface area contributed by atoms with E-state index in [0.29, 0.717) is 44.2 Å². The van der Waals surface area contributed by atoms with Crippen LogP contribution in [0.15, 0.2) is 85.2 Å². The van der Waals surface area contributed by atoms with E-state index in [1.165, 1.54) is 0 Å². The van der Waals surface area contributed by atoms with Crippen LogP contribution in [0.2, 0.25) is 0 Å². The Balaban J connectivity index is 1.44. The number of H-pyrrole nitrogens is 2. The van der Waals surface area contributed by atoms with Crippen molar-refractivity contribution in [2.45, 2.75) is 170 Å². The number of primary amides is 4. The van der Waals surface area contributed by atoms with Crippen LogP contribution in [0.1, 0.15) is 94.7 Å². The number of nitrogens with one attached hydrogen (secondary N) is 14. The molecule has 1 saturated heterocycles. The molecule has 40 nitrogen and oxygen atoms in total.